The normalized spacial score (nSPS) is 11.0. The fraction of sp³-hybridized carbons (Fsp3) is 0.300. The number of nitrogens with one attached hydrogen (secondary N) is 2. The van der Waals surface area contributed by atoms with Crippen molar-refractivity contribution in [2.75, 3.05) is 17.2 Å². The summed E-state index contributed by atoms with van der Waals surface area (Å²) in [5, 5.41) is 5.44. The van der Waals surface area contributed by atoms with Crippen LogP contribution >= 0.6 is 15.9 Å². The number of halogens is 1. The highest BCUT2D eigenvalue weighted by molar-refractivity contribution is 9.10. The summed E-state index contributed by atoms with van der Waals surface area (Å²) in [6.45, 7) is 7.71. The van der Waals surface area contributed by atoms with Gasteiger partial charge in [0.15, 0.2) is 6.61 Å². The summed E-state index contributed by atoms with van der Waals surface area (Å²) < 4.78 is 6.34. The third kappa shape index (κ3) is 5.88. The maximum Gasteiger partial charge on any atom is 0.262 e. The highest BCUT2D eigenvalue weighted by Gasteiger charge is 2.13. The maximum absolute atomic E-state index is 12.2. The van der Waals surface area contributed by atoms with Crippen LogP contribution in [-0.2, 0) is 15.0 Å². The molecule has 2 N–H and O–H groups in total. The van der Waals surface area contributed by atoms with Gasteiger partial charge >= 0.3 is 0 Å². The smallest absolute Gasteiger partial charge is 0.262 e. The van der Waals surface area contributed by atoms with Gasteiger partial charge in [0.05, 0.1) is 11.4 Å². The van der Waals surface area contributed by atoms with Crippen LogP contribution in [0.2, 0.25) is 0 Å². The molecule has 5 nitrogen and oxygen atoms in total. The molecule has 0 saturated carbocycles. The van der Waals surface area contributed by atoms with E-state index in [0.717, 1.165) is 4.47 Å². The van der Waals surface area contributed by atoms with Crippen molar-refractivity contribution in [3.05, 3.63) is 52.5 Å². The zero-order valence-electron chi connectivity index (χ0n) is 15.4. The average molecular weight is 419 g/mol. The third-order valence-electron chi connectivity index (χ3n) is 3.66. The highest BCUT2D eigenvalue weighted by atomic mass is 79.9. The molecule has 0 heterocycles. The second-order valence-electron chi connectivity index (χ2n) is 6.98. The highest BCUT2D eigenvalue weighted by Crippen LogP contribution is 2.26. The Labute approximate surface area is 162 Å². The number of hydrogen-bond donors (Lipinski definition) is 2. The summed E-state index contributed by atoms with van der Waals surface area (Å²) in [7, 11) is 0. The zero-order chi connectivity index (χ0) is 19.3. The van der Waals surface area contributed by atoms with Gasteiger partial charge in [-0.1, -0.05) is 48.8 Å². The second kappa shape index (κ2) is 8.36. The minimum Gasteiger partial charge on any atom is -0.484 e. The van der Waals surface area contributed by atoms with E-state index < -0.39 is 0 Å². The first-order valence-electron chi connectivity index (χ1n) is 8.25. The van der Waals surface area contributed by atoms with Crippen molar-refractivity contribution in [3.8, 4) is 5.75 Å². The third-order valence-corrected chi connectivity index (χ3v) is 4.15. The summed E-state index contributed by atoms with van der Waals surface area (Å²) in [6, 6.07) is 12.9. The van der Waals surface area contributed by atoms with Crippen LogP contribution in [0.15, 0.2) is 46.9 Å². The minimum absolute atomic E-state index is 0.0662. The molecule has 0 radical (unpaired) electrons. The van der Waals surface area contributed by atoms with Crippen LogP contribution in [0.5, 0.6) is 5.75 Å². The molecule has 0 saturated heterocycles. The molecule has 138 valence electrons. The number of hydrogen-bond acceptors (Lipinski definition) is 3. The maximum atomic E-state index is 12.2. The Morgan fingerprint density at radius 3 is 2.23 bits per heavy atom. The van der Waals surface area contributed by atoms with E-state index in [1.807, 2.05) is 24.3 Å². The van der Waals surface area contributed by atoms with E-state index in [2.05, 4.69) is 47.3 Å². The molecular weight excluding hydrogens is 396 g/mol. The minimum atomic E-state index is -0.311. The van der Waals surface area contributed by atoms with E-state index in [9.17, 15) is 9.59 Å². The van der Waals surface area contributed by atoms with Crippen molar-refractivity contribution >= 4 is 39.1 Å². The first-order valence-corrected chi connectivity index (χ1v) is 9.05. The molecular formula is C20H23BrN2O3. The molecule has 0 aliphatic rings. The molecule has 0 bridgehead atoms. The van der Waals surface area contributed by atoms with Crippen molar-refractivity contribution in [1.29, 1.82) is 0 Å². The van der Waals surface area contributed by atoms with Gasteiger partial charge in [-0.05, 0) is 41.3 Å². The largest absolute Gasteiger partial charge is 0.484 e. The Balaban J connectivity index is 1.99. The molecule has 0 aromatic heterocycles. The topological polar surface area (TPSA) is 67.4 Å². The molecule has 0 atom stereocenters. The number of anilines is 2. The fourth-order valence-corrected chi connectivity index (χ4v) is 2.67. The van der Waals surface area contributed by atoms with Crippen molar-refractivity contribution in [2.45, 2.75) is 33.1 Å². The second-order valence-corrected chi connectivity index (χ2v) is 7.90. The summed E-state index contributed by atoms with van der Waals surface area (Å²) in [4.78, 5) is 23.5. The number of ether oxygens (including phenoxy) is 1. The SMILES string of the molecule is CC(=O)Nc1ccc(Br)cc1NC(=O)COc1ccc(C(C)(C)C)cc1. The predicted molar refractivity (Wildman–Crippen MR) is 108 cm³/mol. The first-order chi connectivity index (χ1) is 12.1. The lowest BCUT2D eigenvalue weighted by Crippen LogP contribution is -2.21. The fourth-order valence-electron chi connectivity index (χ4n) is 2.30. The molecule has 6 heteroatoms. The average Bonchev–Trinajstić information content (AvgIpc) is 2.55. The van der Waals surface area contributed by atoms with Crippen LogP contribution in [0.4, 0.5) is 11.4 Å². The van der Waals surface area contributed by atoms with Gasteiger partial charge in [-0.3, -0.25) is 9.59 Å². The molecule has 2 rings (SSSR count). The van der Waals surface area contributed by atoms with Crippen molar-refractivity contribution < 1.29 is 14.3 Å². The van der Waals surface area contributed by atoms with Crippen LogP contribution in [0.1, 0.15) is 33.3 Å². The monoisotopic (exact) mass is 418 g/mol. The van der Waals surface area contributed by atoms with Gasteiger partial charge in [0.2, 0.25) is 5.91 Å². The van der Waals surface area contributed by atoms with Crippen LogP contribution in [0, 0.1) is 0 Å². The zero-order valence-corrected chi connectivity index (χ0v) is 16.9. The molecule has 0 fully saturated rings. The quantitative estimate of drug-likeness (QED) is 0.737. The number of amides is 2. The molecule has 0 aliphatic heterocycles. The van der Waals surface area contributed by atoms with E-state index in [4.69, 9.17) is 4.74 Å². The molecule has 2 amide bonds. The molecule has 0 aliphatic carbocycles. The lowest BCUT2D eigenvalue weighted by Gasteiger charge is -2.19. The number of rotatable bonds is 5. The number of carbonyl (C=O) groups excluding carboxylic acids is 2. The van der Waals surface area contributed by atoms with Gasteiger partial charge < -0.3 is 15.4 Å². The van der Waals surface area contributed by atoms with E-state index in [1.165, 1.54) is 12.5 Å². The molecule has 0 unspecified atom stereocenters. The van der Waals surface area contributed by atoms with Crippen LogP contribution < -0.4 is 15.4 Å². The summed E-state index contributed by atoms with van der Waals surface area (Å²) in [5.41, 5.74) is 2.30. The Bertz CT molecular complexity index is 796. The summed E-state index contributed by atoms with van der Waals surface area (Å²) in [5.74, 6) is 0.108. The van der Waals surface area contributed by atoms with E-state index in [0.29, 0.717) is 17.1 Å². The van der Waals surface area contributed by atoms with Crippen LogP contribution in [0.3, 0.4) is 0 Å². The first kappa shape index (κ1) is 20.0. The van der Waals surface area contributed by atoms with Gasteiger partial charge in [-0.2, -0.15) is 0 Å². The molecule has 2 aromatic rings. The van der Waals surface area contributed by atoms with Crippen LogP contribution in [-0.4, -0.2) is 18.4 Å². The standard InChI is InChI=1S/C20H23BrN2O3/c1-13(24)22-17-10-7-15(21)11-18(17)23-19(25)12-26-16-8-5-14(6-9-16)20(2,3)4/h5-11H,12H2,1-4H3,(H,22,24)(H,23,25). The summed E-state index contributed by atoms with van der Waals surface area (Å²) >= 11 is 3.36. The Hall–Kier alpha value is -2.34. The predicted octanol–water partition coefficient (Wildman–Crippen LogP) is 4.72. The molecule has 0 spiro atoms. The summed E-state index contributed by atoms with van der Waals surface area (Å²) in [6.07, 6.45) is 0. The molecule has 2 aromatic carbocycles. The van der Waals surface area contributed by atoms with Gasteiger partial charge in [-0.15, -0.1) is 0 Å². The lowest BCUT2D eigenvalue weighted by molar-refractivity contribution is -0.118. The van der Waals surface area contributed by atoms with Crippen molar-refractivity contribution in [2.24, 2.45) is 0 Å². The van der Waals surface area contributed by atoms with Gasteiger partial charge in [-0.25, -0.2) is 0 Å². The van der Waals surface area contributed by atoms with E-state index in [1.54, 1.807) is 18.2 Å². The molecule has 26 heavy (non-hydrogen) atoms. The Morgan fingerprint density at radius 2 is 1.65 bits per heavy atom. The Morgan fingerprint density at radius 1 is 1.00 bits per heavy atom. The van der Waals surface area contributed by atoms with Crippen LogP contribution in [0.25, 0.3) is 0 Å². The van der Waals surface area contributed by atoms with E-state index >= 15 is 0 Å². The lowest BCUT2D eigenvalue weighted by atomic mass is 9.87. The van der Waals surface area contributed by atoms with Crippen molar-refractivity contribution in [1.82, 2.24) is 0 Å². The number of benzene rings is 2. The van der Waals surface area contributed by atoms with Gasteiger partial charge in [0.25, 0.3) is 5.91 Å². The number of carbonyl (C=O) groups is 2. The van der Waals surface area contributed by atoms with E-state index in [-0.39, 0.29) is 23.8 Å². The van der Waals surface area contributed by atoms with Gasteiger partial charge in [0.1, 0.15) is 5.75 Å². The van der Waals surface area contributed by atoms with Crippen molar-refractivity contribution in [3.63, 3.8) is 0 Å². The van der Waals surface area contributed by atoms with Gasteiger partial charge in [0, 0.05) is 11.4 Å². The Kier molecular flexibility index (Phi) is 6.42.